The van der Waals surface area contributed by atoms with Crippen LogP contribution >= 0.6 is 23.5 Å². The lowest BCUT2D eigenvalue weighted by Gasteiger charge is -2.15. The molecule has 6 rings (SSSR count). The van der Waals surface area contributed by atoms with Gasteiger partial charge in [0.05, 0.1) is 24.2 Å². The Morgan fingerprint density at radius 1 is 0.725 bits per heavy atom. The molecule has 2 aromatic carbocycles. The summed E-state index contributed by atoms with van der Waals surface area (Å²) in [4.78, 5) is 31.3. The van der Waals surface area contributed by atoms with Crippen LogP contribution in [0.4, 0.5) is 5.69 Å². The maximum Gasteiger partial charge on any atom is 0.356 e. The topological polar surface area (TPSA) is 67.7 Å². The predicted octanol–water partition coefficient (Wildman–Crippen LogP) is 6.72. The first-order valence-corrected chi connectivity index (χ1v) is 19.3. The molecule has 0 saturated heterocycles. The summed E-state index contributed by atoms with van der Waals surface area (Å²) in [6, 6.07) is 27.1. The summed E-state index contributed by atoms with van der Waals surface area (Å²) in [5.41, 5.74) is 8.54. The van der Waals surface area contributed by atoms with Crippen LogP contribution in [0.25, 0.3) is 27.7 Å². The maximum absolute atomic E-state index is 13.8. The molecule has 0 aliphatic heterocycles. The van der Waals surface area contributed by atoms with E-state index in [-0.39, 0.29) is 13.2 Å². The van der Waals surface area contributed by atoms with Crippen molar-refractivity contribution in [2.75, 3.05) is 58.8 Å². The molecule has 0 fully saturated rings. The first-order valence-electron chi connectivity index (χ1n) is 16.8. The van der Waals surface area contributed by atoms with Crippen molar-refractivity contribution in [2.45, 2.75) is 23.6 Å². The van der Waals surface area contributed by atoms with Crippen LogP contribution in [0, 0.1) is 0 Å². The number of rotatable bonds is 10. The van der Waals surface area contributed by atoms with Crippen LogP contribution in [0.5, 0.6) is 0 Å². The van der Waals surface area contributed by atoms with Crippen molar-refractivity contribution < 1.29 is 19.1 Å². The third kappa shape index (κ3) is 6.54. The molecule has 0 atom stereocenters. The van der Waals surface area contributed by atoms with Crippen LogP contribution in [0.15, 0.2) is 101 Å². The zero-order valence-corrected chi connectivity index (χ0v) is 31.9. The summed E-state index contributed by atoms with van der Waals surface area (Å²) >= 11 is 3.02. The number of benzene rings is 2. The van der Waals surface area contributed by atoms with Gasteiger partial charge in [-0.2, -0.15) is 0 Å². The summed E-state index contributed by atoms with van der Waals surface area (Å²) in [5, 5.41) is 1.87. The fourth-order valence-corrected chi connectivity index (χ4v) is 8.10. The molecule has 10 heteroatoms. The Bertz CT molecular complexity index is 2390. The van der Waals surface area contributed by atoms with E-state index in [2.05, 4.69) is 58.0 Å². The average molecular weight is 720 g/mol. The number of carbonyl (C=O) groups is 2. The molecule has 262 valence electrons. The van der Waals surface area contributed by atoms with E-state index in [0.717, 1.165) is 64.9 Å². The minimum absolute atomic E-state index is 0.249. The van der Waals surface area contributed by atoms with Gasteiger partial charge in [0.25, 0.3) is 0 Å². The first kappa shape index (κ1) is 35.9. The van der Waals surface area contributed by atoms with Gasteiger partial charge in [-0.05, 0) is 55.2 Å². The van der Waals surface area contributed by atoms with Gasteiger partial charge < -0.3 is 23.2 Å². The molecule has 0 radical (unpaired) electrons. The molecule has 0 aliphatic carbocycles. The number of fused-ring (bicyclic) bond motifs is 2. The lowest BCUT2D eigenvalue weighted by molar-refractivity contribution is 0.0504. The van der Waals surface area contributed by atoms with Gasteiger partial charge in [0.2, 0.25) is 5.36 Å². The maximum atomic E-state index is 13.8. The average Bonchev–Trinajstić information content (AvgIpc) is 3.64. The number of hydrogen-bond donors (Lipinski definition) is 0. The molecule has 6 aromatic rings. The minimum Gasteiger partial charge on any atom is -0.461 e. The van der Waals surface area contributed by atoms with Gasteiger partial charge in [-0.3, -0.25) is 0 Å². The second-order valence-electron chi connectivity index (χ2n) is 12.3. The molecule has 0 spiro atoms. The Morgan fingerprint density at radius 2 is 1.29 bits per heavy atom. The number of hydrogen-bond acceptors (Lipinski definition) is 7. The molecular formula is C41H43N4O4S2+. The Balaban J connectivity index is 1.90. The fourth-order valence-electron chi connectivity index (χ4n) is 6.53. The van der Waals surface area contributed by atoms with Crippen LogP contribution in [0.2, 0.25) is 0 Å². The predicted molar refractivity (Wildman–Crippen MR) is 210 cm³/mol. The molecular weight excluding hydrogens is 677 g/mol. The standard InChI is InChI=1S/C41H43N4O4S2/c1-9-48-40(46)36-38(50-7)34(31-24-29(42(3)4)20-22-44(31)36)33(28-18-16-27(17-19-28)26-14-12-11-13-15-26)35-32-25-30(43(5)6)21-23-45(32)37(39(35)51-8)41(47)49-10-2/h11-25H,9-10H2,1-8H3/q+1. The van der Waals surface area contributed by atoms with Crippen LogP contribution < -0.4 is 20.1 Å². The summed E-state index contributed by atoms with van der Waals surface area (Å²) in [6.45, 7) is 4.14. The lowest BCUT2D eigenvalue weighted by Crippen LogP contribution is -2.22. The summed E-state index contributed by atoms with van der Waals surface area (Å²) in [6.07, 6.45) is 7.87. The molecule has 51 heavy (non-hydrogen) atoms. The fraction of sp³-hybridized carbons (Fsp3) is 0.244. The van der Waals surface area contributed by atoms with E-state index in [1.54, 1.807) is 0 Å². The van der Waals surface area contributed by atoms with Gasteiger partial charge in [-0.25, -0.2) is 14.2 Å². The second kappa shape index (κ2) is 15.1. The van der Waals surface area contributed by atoms with Crippen molar-refractivity contribution in [3.05, 3.63) is 124 Å². The largest absolute Gasteiger partial charge is 0.461 e. The molecule has 4 heterocycles. The Hall–Kier alpha value is -4.93. The minimum atomic E-state index is -0.395. The van der Waals surface area contributed by atoms with Crippen molar-refractivity contribution in [3.63, 3.8) is 0 Å². The third-order valence-corrected chi connectivity index (χ3v) is 10.5. The summed E-state index contributed by atoms with van der Waals surface area (Å²) < 4.78 is 17.3. The molecule has 0 amide bonds. The van der Waals surface area contributed by atoms with E-state index >= 15 is 0 Å². The monoisotopic (exact) mass is 719 g/mol. The number of anilines is 1. The van der Waals surface area contributed by atoms with Crippen LogP contribution in [0.3, 0.4) is 0 Å². The van der Waals surface area contributed by atoms with E-state index < -0.39 is 11.9 Å². The molecule has 4 aromatic heterocycles. The molecule has 0 aliphatic rings. The smallest absolute Gasteiger partial charge is 0.356 e. The number of carbonyl (C=O) groups excluding carboxylic acids is 2. The zero-order chi connectivity index (χ0) is 36.4. The molecule has 0 saturated carbocycles. The van der Waals surface area contributed by atoms with Gasteiger partial charge in [-0.15, -0.1) is 23.5 Å². The number of thioether (sulfide) groups is 2. The number of pyridine rings is 2. The Labute approximate surface area is 307 Å². The highest BCUT2D eigenvalue weighted by Crippen LogP contribution is 2.41. The van der Waals surface area contributed by atoms with Crippen molar-refractivity contribution >= 4 is 57.8 Å². The third-order valence-electron chi connectivity index (χ3n) is 8.91. The Kier molecular flexibility index (Phi) is 10.6. The number of ether oxygens (including phenoxy) is 2. The van der Waals surface area contributed by atoms with E-state index in [0.29, 0.717) is 11.4 Å². The van der Waals surface area contributed by atoms with Crippen molar-refractivity contribution in [1.82, 2.24) is 13.4 Å². The zero-order valence-electron chi connectivity index (χ0n) is 30.3. The summed E-state index contributed by atoms with van der Waals surface area (Å²) in [7, 11) is 8.02. The van der Waals surface area contributed by atoms with Crippen molar-refractivity contribution in [2.24, 2.45) is 0 Å². The second-order valence-corrected chi connectivity index (χ2v) is 14.0. The first-order chi connectivity index (χ1) is 24.6. The van der Waals surface area contributed by atoms with Crippen LogP contribution in [-0.4, -0.2) is 74.7 Å². The van der Waals surface area contributed by atoms with E-state index in [1.165, 1.54) is 23.5 Å². The van der Waals surface area contributed by atoms with Crippen molar-refractivity contribution in [1.29, 1.82) is 0 Å². The highest BCUT2D eigenvalue weighted by atomic mass is 32.2. The van der Waals surface area contributed by atoms with Crippen LogP contribution in [-0.2, 0) is 9.47 Å². The summed E-state index contributed by atoms with van der Waals surface area (Å²) in [5.74, 6) is -0.790. The van der Waals surface area contributed by atoms with E-state index in [4.69, 9.17) is 9.47 Å². The number of aromatic nitrogens is 2. The quantitative estimate of drug-likeness (QED) is 0.0885. The number of nitrogens with zero attached hydrogens (tertiary/aromatic N) is 4. The van der Waals surface area contributed by atoms with Crippen molar-refractivity contribution in [3.8, 4) is 11.1 Å². The van der Waals surface area contributed by atoms with E-state index in [9.17, 15) is 9.59 Å². The molecule has 0 N–H and O–H groups in total. The number of esters is 2. The highest BCUT2D eigenvalue weighted by Gasteiger charge is 2.30. The Morgan fingerprint density at radius 3 is 1.86 bits per heavy atom. The molecule has 0 unspecified atom stereocenters. The van der Waals surface area contributed by atoms with Gasteiger partial charge in [0, 0.05) is 70.5 Å². The van der Waals surface area contributed by atoms with Gasteiger partial charge in [0.1, 0.15) is 25.5 Å². The van der Waals surface area contributed by atoms with Crippen LogP contribution in [0.1, 0.15) is 46.0 Å². The molecule has 0 bridgehead atoms. The highest BCUT2D eigenvalue weighted by molar-refractivity contribution is 7.99. The molecule has 8 nitrogen and oxygen atoms in total. The normalized spacial score (nSPS) is 11.9. The SMILES string of the molecule is CCOC(=O)c1c(SC)c(/C(c2ccc(-c3ccccc3)cc2)=c2\c(SC)c(C(=O)OCC)n3ccc(=[N+](C)C)cc23)c2cc(N(C)C)ccn12. The van der Waals surface area contributed by atoms with Gasteiger partial charge >= 0.3 is 11.9 Å². The lowest BCUT2D eigenvalue weighted by atomic mass is 9.93. The van der Waals surface area contributed by atoms with E-state index in [1.807, 2.05) is 106 Å². The van der Waals surface area contributed by atoms with Gasteiger partial charge in [0.15, 0.2) is 0 Å². The van der Waals surface area contributed by atoms with Gasteiger partial charge in [-0.1, -0.05) is 54.6 Å².